The average molecular weight is 332 g/mol. The van der Waals surface area contributed by atoms with Crippen LogP contribution in [0.1, 0.15) is 62.5 Å². The number of carbonyl (C=O) groups is 2. The van der Waals surface area contributed by atoms with Crippen LogP contribution in [-0.2, 0) is 10.3 Å². The number of amides is 2. The van der Waals surface area contributed by atoms with Crippen LogP contribution in [0.25, 0.3) is 0 Å². The van der Waals surface area contributed by atoms with Crippen molar-refractivity contribution in [3.63, 3.8) is 0 Å². The van der Waals surface area contributed by atoms with Gasteiger partial charge in [-0.2, -0.15) is 5.10 Å². The third-order valence-corrected chi connectivity index (χ3v) is 5.12. The van der Waals surface area contributed by atoms with Crippen LogP contribution in [0.4, 0.5) is 0 Å². The number of nitrogens with zero attached hydrogens (tertiary/aromatic N) is 4. The Morgan fingerprint density at radius 1 is 1.21 bits per heavy atom. The number of hydrogen-bond donors (Lipinski definition) is 0. The molecule has 0 aliphatic carbocycles. The third-order valence-electron chi connectivity index (χ3n) is 5.12. The minimum atomic E-state index is -0.133. The molecule has 0 N–H and O–H groups in total. The molecule has 24 heavy (non-hydrogen) atoms. The topological polar surface area (TPSA) is 58.4 Å². The standard InChI is InChI=1S/C18H28N4O2/c1-13-15(12-22(19-13)18(2,3)4)17(24)20-10-7-14(8-11-20)21-9-5-6-16(21)23/h12,14H,5-11H2,1-4H3. The lowest BCUT2D eigenvalue weighted by molar-refractivity contribution is -0.130. The van der Waals surface area contributed by atoms with E-state index in [1.807, 2.05) is 27.6 Å². The smallest absolute Gasteiger partial charge is 0.257 e. The van der Waals surface area contributed by atoms with Gasteiger partial charge in [0.25, 0.3) is 5.91 Å². The van der Waals surface area contributed by atoms with Crippen molar-refractivity contribution in [1.82, 2.24) is 19.6 Å². The minimum absolute atomic E-state index is 0.0641. The maximum absolute atomic E-state index is 12.8. The van der Waals surface area contributed by atoms with Crippen LogP contribution in [0.15, 0.2) is 6.20 Å². The summed E-state index contributed by atoms with van der Waals surface area (Å²) in [5.74, 6) is 0.344. The molecule has 3 rings (SSSR count). The summed E-state index contributed by atoms with van der Waals surface area (Å²) in [6, 6.07) is 0.308. The van der Waals surface area contributed by atoms with Gasteiger partial charge in [0, 0.05) is 38.3 Å². The zero-order valence-electron chi connectivity index (χ0n) is 15.2. The molecule has 2 fully saturated rings. The average Bonchev–Trinajstić information content (AvgIpc) is 3.12. The zero-order chi connectivity index (χ0) is 17.5. The zero-order valence-corrected chi connectivity index (χ0v) is 15.2. The second kappa shape index (κ2) is 6.22. The summed E-state index contributed by atoms with van der Waals surface area (Å²) in [5, 5.41) is 4.50. The van der Waals surface area contributed by atoms with Crippen molar-refractivity contribution in [2.24, 2.45) is 0 Å². The van der Waals surface area contributed by atoms with Crippen molar-refractivity contribution in [1.29, 1.82) is 0 Å². The Morgan fingerprint density at radius 2 is 1.88 bits per heavy atom. The van der Waals surface area contributed by atoms with Crippen LogP contribution in [0.2, 0.25) is 0 Å². The molecule has 0 bridgehead atoms. The lowest BCUT2D eigenvalue weighted by atomic mass is 10.0. The molecular formula is C18H28N4O2. The summed E-state index contributed by atoms with van der Waals surface area (Å²) < 4.78 is 1.87. The van der Waals surface area contributed by atoms with E-state index in [4.69, 9.17) is 0 Å². The van der Waals surface area contributed by atoms with Gasteiger partial charge < -0.3 is 9.80 Å². The van der Waals surface area contributed by atoms with E-state index >= 15 is 0 Å². The first kappa shape index (κ1) is 17.0. The van der Waals surface area contributed by atoms with Crippen LogP contribution < -0.4 is 0 Å². The molecule has 0 saturated carbocycles. The van der Waals surface area contributed by atoms with Crippen LogP contribution in [-0.4, -0.2) is 57.1 Å². The van der Waals surface area contributed by atoms with Crippen LogP contribution in [0, 0.1) is 6.92 Å². The maximum Gasteiger partial charge on any atom is 0.257 e. The van der Waals surface area contributed by atoms with Crippen molar-refractivity contribution in [3.05, 3.63) is 17.5 Å². The molecule has 2 aliphatic rings. The fraction of sp³-hybridized carbons (Fsp3) is 0.722. The molecule has 6 nitrogen and oxygen atoms in total. The highest BCUT2D eigenvalue weighted by Crippen LogP contribution is 2.24. The first-order valence-corrected chi connectivity index (χ1v) is 8.93. The quantitative estimate of drug-likeness (QED) is 0.834. The Balaban J connectivity index is 1.65. The van der Waals surface area contributed by atoms with E-state index < -0.39 is 0 Å². The predicted octanol–water partition coefficient (Wildman–Crippen LogP) is 2.17. The molecule has 1 aromatic rings. The fourth-order valence-corrected chi connectivity index (χ4v) is 3.62. The molecule has 2 aliphatic heterocycles. The van der Waals surface area contributed by atoms with Crippen molar-refractivity contribution >= 4 is 11.8 Å². The summed E-state index contributed by atoms with van der Waals surface area (Å²) >= 11 is 0. The van der Waals surface area contributed by atoms with Gasteiger partial charge in [0.1, 0.15) is 0 Å². The Bertz CT molecular complexity index is 636. The highest BCUT2D eigenvalue weighted by Gasteiger charge is 2.33. The molecule has 0 spiro atoms. The van der Waals surface area contributed by atoms with Gasteiger partial charge in [-0.1, -0.05) is 0 Å². The van der Waals surface area contributed by atoms with E-state index in [-0.39, 0.29) is 17.4 Å². The number of likely N-dealkylation sites (tertiary alicyclic amines) is 2. The summed E-state index contributed by atoms with van der Waals surface area (Å²) in [5.41, 5.74) is 1.35. The molecule has 2 saturated heterocycles. The molecule has 0 aromatic carbocycles. The molecule has 0 unspecified atom stereocenters. The van der Waals surface area contributed by atoms with E-state index in [1.54, 1.807) is 0 Å². The molecular weight excluding hydrogens is 304 g/mol. The van der Waals surface area contributed by atoms with Gasteiger partial charge in [-0.05, 0) is 47.0 Å². The second-order valence-electron chi connectivity index (χ2n) is 7.96. The molecule has 3 heterocycles. The lowest BCUT2D eigenvalue weighted by Crippen LogP contribution is -2.47. The summed E-state index contributed by atoms with van der Waals surface area (Å²) in [6.07, 6.45) is 5.29. The van der Waals surface area contributed by atoms with E-state index in [0.29, 0.717) is 31.1 Å². The van der Waals surface area contributed by atoms with Crippen molar-refractivity contribution < 1.29 is 9.59 Å². The van der Waals surface area contributed by atoms with E-state index in [2.05, 4.69) is 25.9 Å². The number of hydrogen-bond acceptors (Lipinski definition) is 3. The van der Waals surface area contributed by atoms with E-state index in [9.17, 15) is 9.59 Å². The van der Waals surface area contributed by atoms with E-state index in [0.717, 1.165) is 31.5 Å². The lowest BCUT2D eigenvalue weighted by Gasteiger charge is -2.36. The first-order chi connectivity index (χ1) is 11.3. The van der Waals surface area contributed by atoms with Crippen LogP contribution in [0.3, 0.4) is 0 Å². The Morgan fingerprint density at radius 3 is 2.38 bits per heavy atom. The number of rotatable bonds is 2. The van der Waals surface area contributed by atoms with Crippen LogP contribution >= 0.6 is 0 Å². The van der Waals surface area contributed by atoms with Gasteiger partial charge in [-0.15, -0.1) is 0 Å². The third kappa shape index (κ3) is 3.19. The largest absolute Gasteiger partial charge is 0.340 e. The monoisotopic (exact) mass is 332 g/mol. The van der Waals surface area contributed by atoms with Crippen molar-refractivity contribution in [2.75, 3.05) is 19.6 Å². The number of aryl methyl sites for hydroxylation is 1. The maximum atomic E-state index is 12.8. The number of carbonyl (C=O) groups excluding carboxylic acids is 2. The molecule has 1 aromatic heterocycles. The van der Waals surface area contributed by atoms with E-state index in [1.165, 1.54) is 0 Å². The van der Waals surface area contributed by atoms with Gasteiger partial charge >= 0.3 is 0 Å². The molecule has 132 valence electrons. The summed E-state index contributed by atoms with van der Waals surface area (Å²) in [7, 11) is 0. The Hall–Kier alpha value is -1.85. The van der Waals surface area contributed by atoms with Gasteiger partial charge in [0.05, 0.1) is 16.8 Å². The minimum Gasteiger partial charge on any atom is -0.340 e. The number of piperidine rings is 1. The highest BCUT2D eigenvalue weighted by molar-refractivity contribution is 5.95. The molecule has 2 amide bonds. The predicted molar refractivity (Wildman–Crippen MR) is 91.8 cm³/mol. The highest BCUT2D eigenvalue weighted by atomic mass is 16.2. The Labute approximate surface area is 143 Å². The SMILES string of the molecule is Cc1nn(C(C)(C)C)cc1C(=O)N1CCC(N2CCCC2=O)CC1. The van der Waals surface area contributed by atoms with Gasteiger partial charge in [-0.25, -0.2) is 0 Å². The van der Waals surface area contributed by atoms with Crippen molar-refractivity contribution in [3.8, 4) is 0 Å². The van der Waals surface area contributed by atoms with Gasteiger partial charge in [0.15, 0.2) is 0 Å². The molecule has 0 radical (unpaired) electrons. The fourth-order valence-electron chi connectivity index (χ4n) is 3.62. The van der Waals surface area contributed by atoms with Crippen LogP contribution in [0.5, 0.6) is 0 Å². The number of aromatic nitrogens is 2. The Kier molecular flexibility index (Phi) is 4.40. The first-order valence-electron chi connectivity index (χ1n) is 8.93. The summed E-state index contributed by atoms with van der Waals surface area (Å²) in [4.78, 5) is 28.7. The molecule has 6 heteroatoms. The second-order valence-corrected chi connectivity index (χ2v) is 7.96. The van der Waals surface area contributed by atoms with Gasteiger partial charge in [0.2, 0.25) is 5.91 Å². The molecule has 0 atom stereocenters. The normalized spacial score (nSPS) is 20.1. The van der Waals surface area contributed by atoms with Gasteiger partial charge in [-0.3, -0.25) is 14.3 Å². The van der Waals surface area contributed by atoms with Crippen molar-refractivity contribution in [2.45, 2.75) is 65.0 Å². The summed E-state index contributed by atoms with van der Waals surface area (Å²) in [6.45, 7) is 10.4.